The molecular weight excluding hydrogens is 550 g/mol. The van der Waals surface area contributed by atoms with Gasteiger partial charge in [-0.3, -0.25) is 24.2 Å². The second-order valence-electron chi connectivity index (χ2n) is 12.3. The van der Waals surface area contributed by atoms with Crippen LogP contribution in [0.5, 0.6) is 0 Å². The number of benzene rings is 1. The average Bonchev–Trinajstić information content (AvgIpc) is 2.97. The molecule has 232 valence electrons. The highest BCUT2D eigenvalue weighted by molar-refractivity contribution is 5.94. The van der Waals surface area contributed by atoms with E-state index < -0.39 is 47.4 Å². The lowest BCUT2D eigenvalue weighted by atomic mass is 9.89. The SMILES string of the molecule is COCc1cc2ccc3cc2nc1[C@@H](C)OC(=O)[C@@H]1CCCN(N1)C(=O)[C@H](C)NC(=O)[C@H](C(C)C)NC(=O)C(C)(C)/C=C/3. The Hall–Kier alpha value is -3.83. The van der Waals surface area contributed by atoms with E-state index in [-0.39, 0.29) is 18.4 Å². The predicted octanol–water partition coefficient (Wildman–Crippen LogP) is 3.18. The Morgan fingerprint density at radius 3 is 2.56 bits per heavy atom. The number of nitrogens with zero attached hydrogens (tertiary/aromatic N) is 2. The fourth-order valence-electron chi connectivity index (χ4n) is 5.24. The van der Waals surface area contributed by atoms with Crippen molar-refractivity contribution in [3.63, 3.8) is 0 Å². The zero-order valence-corrected chi connectivity index (χ0v) is 26.0. The van der Waals surface area contributed by atoms with Gasteiger partial charge in [-0.25, -0.2) is 10.4 Å². The summed E-state index contributed by atoms with van der Waals surface area (Å²) >= 11 is 0. The summed E-state index contributed by atoms with van der Waals surface area (Å²) in [6, 6.07) is 5.28. The van der Waals surface area contributed by atoms with Crippen molar-refractivity contribution in [3.8, 4) is 0 Å². The number of rotatable bonds is 3. The minimum absolute atomic E-state index is 0.231. The van der Waals surface area contributed by atoms with Crippen molar-refractivity contribution in [1.29, 1.82) is 0 Å². The number of carbonyl (C=O) groups excluding carboxylic acids is 4. The highest BCUT2D eigenvalue weighted by Crippen LogP contribution is 2.28. The van der Waals surface area contributed by atoms with Gasteiger partial charge in [0.1, 0.15) is 24.2 Å². The molecule has 0 unspecified atom stereocenters. The maximum atomic E-state index is 13.4. The second kappa shape index (κ2) is 13.2. The lowest BCUT2D eigenvalue weighted by molar-refractivity contribution is -0.157. The smallest absolute Gasteiger partial charge is 0.325 e. The van der Waals surface area contributed by atoms with Gasteiger partial charge in [0.05, 0.1) is 23.2 Å². The molecule has 11 nitrogen and oxygen atoms in total. The minimum Gasteiger partial charge on any atom is -0.455 e. The maximum absolute atomic E-state index is 13.4. The van der Waals surface area contributed by atoms with Crippen molar-refractivity contribution < 1.29 is 28.7 Å². The summed E-state index contributed by atoms with van der Waals surface area (Å²) in [5, 5.41) is 7.88. The van der Waals surface area contributed by atoms with E-state index in [9.17, 15) is 19.2 Å². The number of aromatic nitrogens is 1. The third-order valence-corrected chi connectivity index (χ3v) is 7.91. The lowest BCUT2D eigenvalue weighted by Gasteiger charge is -2.35. The van der Waals surface area contributed by atoms with Crippen LogP contribution in [0.4, 0.5) is 0 Å². The molecule has 11 heteroatoms. The molecule has 4 atom stereocenters. The Bertz CT molecular complexity index is 1420. The first-order chi connectivity index (χ1) is 20.3. The fourth-order valence-corrected chi connectivity index (χ4v) is 5.24. The summed E-state index contributed by atoms with van der Waals surface area (Å²) in [4.78, 5) is 58.1. The van der Waals surface area contributed by atoms with Gasteiger partial charge in [-0.05, 0) is 64.2 Å². The molecule has 2 aliphatic heterocycles. The van der Waals surface area contributed by atoms with Crippen molar-refractivity contribution in [2.75, 3.05) is 13.7 Å². The Balaban J connectivity index is 1.76. The Morgan fingerprint density at radius 1 is 1.12 bits per heavy atom. The van der Waals surface area contributed by atoms with Gasteiger partial charge >= 0.3 is 5.97 Å². The minimum atomic E-state index is -0.946. The third kappa shape index (κ3) is 7.40. The standard InChI is InChI=1S/C32H43N5O6/c1-18(2)26-28(38)33-19(3)29(39)37-14-8-9-24(36-37)30(40)43-20(4)27-23(17-42-7)16-22-11-10-21(15-25(22)34-27)12-13-32(5,6)31(41)35-26/h10-13,15-16,18-20,24,26,36H,8-9,14,17H2,1-7H3,(H,33,38)(H,35,41)/b13-12+/t19-,20+,24-,26-/m0/s1. The summed E-state index contributed by atoms with van der Waals surface area (Å²) in [6.45, 7) is 11.2. The maximum Gasteiger partial charge on any atom is 0.325 e. The molecule has 2 aromatic rings. The van der Waals surface area contributed by atoms with Gasteiger partial charge in [0.2, 0.25) is 11.8 Å². The van der Waals surface area contributed by atoms with Gasteiger partial charge < -0.3 is 20.1 Å². The molecule has 0 aliphatic carbocycles. The normalized spacial score (nSPS) is 26.2. The molecule has 4 rings (SSSR count). The molecule has 1 fully saturated rings. The van der Waals surface area contributed by atoms with E-state index in [1.54, 1.807) is 40.9 Å². The molecule has 2 aliphatic rings. The van der Waals surface area contributed by atoms with Crippen molar-refractivity contribution >= 4 is 40.7 Å². The number of hydrogen-bond donors (Lipinski definition) is 3. The number of fused-ring (bicyclic) bond motifs is 4. The van der Waals surface area contributed by atoms with Crippen molar-refractivity contribution in [1.82, 2.24) is 26.1 Å². The Kier molecular flexibility index (Phi) is 9.86. The molecule has 3 heterocycles. The van der Waals surface area contributed by atoms with Gasteiger partial charge in [-0.2, -0.15) is 0 Å². The van der Waals surface area contributed by atoms with E-state index >= 15 is 0 Å². The van der Waals surface area contributed by atoms with Gasteiger partial charge in [0, 0.05) is 24.6 Å². The summed E-state index contributed by atoms with van der Waals surface area (Å²) in [5.41, 5.74) is 4.95. The molecular formula is C32H43N5O6. The van der Waals surface area contributed by atoms with Crippen LogP contribution in [-0.2, 0) is 35.3 Å². The number of cyclic esters (lactones) is 1. The number of nitrogens with one attached hydrogen (secondary N) is 3. The van der Waals surface area contributed by atoms with Gasteiger partial charge in [-0.15, -0.1) is 0 Å². The molecule has 1 aromatic carbocycles. The summed E-state index contributed by atoms with van der Waals surface area (Å²) in [5.74, 6) is -1.90. The highest BCUT2D eigenvalue weighted by Gasteiger charge is 2.35. The molecule has 1 aromatic heterocycles. The number of pyridine rings is 1. The average molecular weight is 594 g/mol. The van der Waals surface area contributed by atoms with E-state index in [1.165, 1.54) is 5.01 Å². The molecule has 5 bridgehead atoms. The highest BCUT2D eigenvalue weighted by atomic mass is 16.5. The van der Waals surface area contributed by atoms with Gasteiger partial charge in [0.25, 0.3) is 5.91 Å². The monoisotopic (exact) mass is 593 g/mol. The number of carbonyl (C=O) groups is 4. The predicted molar refractivity (Wildman–Crippen MR) is 162 cm³/mol. The number of hydrazine groups is 1. The van der Waals surface area contributed by atoms with E-state index in [1.807, 2.05) is 44.2 Å². The van der Waals surface area contributed by atoms with E-state index in [2.05, 4.69) is 16.1 Å². The Morgan fingerprint density at radius 2 is 1.86 bits per heavy atom. The molecule has 3 N–H and O–H groups in total. The number of amides is 3. The molecule has 0 spiro atoms. The number of esters is 1. The third-order valence-electron chi connectivity index (χ3n) is 7.91. The van der Waals surface area contributed by atoms with Gasteiger partial charge in [0.15, 0.2) is 0 Å². The number of methoxy groups -OCH3 is 1. The van der Waals surface area contributed by atoms with Crippen molar-refractivity contribution in [2.45, 2.75) is 85.2 Å². The van der Waals surface area contributed by atoms with Crippen molar-refractivity contribution in [3.05, 3.63) is 47.2 Å². The zero-order chi connectivity index (χ0) is 31.5. The largest absolute Gasteiger partial charge is 0.455 e. The second-order valence-corrected chi connectivity index (χ2v) is 12.3. The number of hydrogen-bond acceptors (Lipinski definition) is 8. The summed E-state index contributed by atoms with van der Waals surface area (Å²) < 4.78 is 11.3. The fraction of sp³-hybridized carbons (Fsp3) is 0.531. The van der Waals surface area contributed by atoms with Crippen LogP contribution >= 0.6 is 0 Å². The van der Waals surface area contributed by atoms with E-state index in [0.717, 1.165) is 16.5 Å². The van der Waals surface area contributed by atoms with Crippen LogP contribution in [0.1, 0.15) is 77.3 Å². The Labute approximate surface area is 252 Å². The molecule has 3 amide bonds. The van der Waals surface area contributed by atoms with Crippen LogP contribution in [-0.4, -0.2) is 65.5 Å². The quantitative estimate of drug-likeness (QED) is 0.462. The number of ether oxygens (including phenoxy) is 2. The van der Waals surface area contributed by atoms with Gasteiger partial charge in [-0.1, -0.05) is 38.1 Å². The lowest BCUT2D eigenvalue weighted by Crippen LogP contribution is -2.61. The van der Waals surface area contributed by atoms with E-state index in [4.69, 9.17) is 14.5 Å². The van der Waals surface area contributed by atoms with Crippen LogP contribution < -0.4 is 16.1 Å². The molecule has 1 saturated heterocycles. The zero-order valence-electron chi connectivity index (χ0n) is 26.0. The first-order valence-electron chi connectivity index (χ1n) is 14.8. The van der Waals surface area contributed by atoms with Crippen LogP contribution in [0.25, 0.3) is 17.0 Å². The molecule has 43 heavy (non-hydrogen) atoms. The molecule has 0 saturated carbocycles. The molecule has 0 radical (unpaired) electrons. The first-order valence-corrected chi connectivity index (χ1v) is 14.8. The van der Waals surface area contributed by atoms with Crippen molar-refractivity contribution in [2.24, 2.45) is 11.3 Å². The summed E-state index contributed by atoms with van der Waals surface area (Å²) in [6.07, 6.45) is 4.01. The van der Waals surface area contributed by atoms with E-state index in [0.29, 0.717) is 30.6 Å². The first kappa shape index (κ1) is 32.1. The topological polar surface area (TPSA) is 139 Å². The van der Waals surface area contributed by atoms with Crippen LogP contribution in [0.3, 0.4) is 0 Å². The van der Waals surface area contributed by atoms with Crippen LogP contribution in [0.2, 0.25) is 0 Å². The van der Waals surface area contributed by atoms with Crippen LogP contribution in [0, 0.1) is 11.3 Å². The van der Waals surface area contributed by atoms with Crippen LogP contribution in [0.15, 0.2) is 30.3 Å². The summed E-state index contributed by atoms with van der Waals surface area (Å²) in [7, 11) is 1.60.